The normalized spacial score (nSPS) is 12.2. The number of anilines is 1. The minimum atomic E-state index is 0.432. The topological polar surface area (TPSA) is 42.1 Å². The van der Waals surface area contributed by atoms with Crippen LogP contribution in [-0.2, 0) is 0 Å². The number of aryl methyl sites for hydroxylation is 1. The molecule has 0 saturated carbocycles. The van der Waals surface area contributed by atoms with Gasteiger partial charge in [0, 0.05) is 24.3 Å². The van der Waals surface area contributed by atoms with Crippen molar-refractivity contribution in [2.45, 2.75) is 34.1 Å². The Bertz CT molecular complexity index is 418. The third-order valence-corrected chi connectivity index (χ3v) is 3.39. The van der Waals surface area contributed by atoms with Crippen molar-refractivity contribution in [3.63, 3.8) is 0 Å². The molecule has 4 heteroatoms. The molecule has 1 unspecified atom stereocenters. The first-order chi connectivity index (χ1) is 8.47. The standard InChI is InChI=1S/C14H23N3S/c1-5-10(3)9-17(6-2)13-8-12(14(15)18)7-11(4)16-13/h7-8,10H,5-6,9H2,1-4H3,(H2,15,18). The first-order valence-corrected chi connectivity index (χ1v) is 6.92. The van der Waals surface area contributed by atoms with Crippen LogP contribution in [0.4, 0.5) is 5.82 Å². The SMILES string of the molecule is CCC(C)CN(CC)c1cc(C(N)=S)cc(C)n1. The Labute approximate surface area is 115 Å². The van der Waals surface area contributed by atoms with Gasteiger partial charge >= 0.3 is 0 Å². The van der Waals surface area contributed by atoms with Crippen LogP contribution in [0.1, 0.15) is 38.4 Å². The Morgan fingerprint density at radius 3 is 2.61 bits per heavy atom. The van der Waals surface area contributed by atoms with Gasteiger partial charge in [-0.2, -0.15) is 0 Å². The maximum absolute atomic E-state index is 5.71. The smallest absolute Gasteiger partial charge is 0.129 e. The van der Waals surface area contributed by atoms with Crippen LogP contribution in [0.25, 0.3) is 0 Å². The highest BCUT2D eigenvalue weighted by Gasteiger charge is 2.11. The Balaban J connectivity index is 3.01. The van der Waals surface area contributed by atoms with E-state index in [-0.39, 0.29) is 0 Å². The van der Waals surface area contributed by atoms with Crippen LogP contribution >= 0.6 is 12.2 Å². The summed E-state index contributed by atoms with van der Waals surface area (Å²) in [5.41, 5.74) is 7.56. The van der Waals surface area contributed by atoms with Gasteiger partial charge < -0.3 is 10.6 Å². The molecule has 0 aliphatic heterocycles. The molecular formula is C14H23N3S. The highest BCUT2D eigenvalue weighted by atomic mass is 32.1. The van der Waals surface area contributed by atoms with Gasteiger partial charge in [0.2, 0.25) is 0 Å². The zero-order valence-electron chi connectivity index (χ0n) is 11.7. The van der Waals surface area contributed by atoms with Crippen LogP contribution in [0.3, 0.4) is 0 Å². The summed E-state index contributed by atoms with van der Waals surface area (Å²) in [4.78, 5) is 7.30. The number of hydrogen-bond donors (Lipinski definition) is 1. The van der Waals surface area contributed by atoms with Crippen molar-refractivity contribution in [3.05, 3.63) is 23.4 Å². The highest BCUT2D eigenvalue weighted by Crippen LogP contribution is 2.17. The average molecular weight is 265 g/mol. The molecule has 1 heterocycles. The van der Waals surface area contributed by atoms with E-state index in [1.165, 1.54) is 6.42 Å². The fourth-order valence-corrected chi connectivity index (χ4v) is 1.96. The third-order valence-electron chi connectivity index (χ3n) is 3.16. The van der Waals surface area contributed by atoms with Crippen LogP contribution in [0.5, 0.6) is 0 Å². The van der Waals surface area contributed by atoms with Gasteiger partial charge in [-0.05, 0) is 31.9 Å². The number of hydrogen-bond acceptors (Lipinski definition) is 3. The fourth-order valence-electron chi connectivity index (χ4n) is 1.85. The number of thiocarbonyl (C=S) groups is 1. The molecule has 0 radical (unpaired) electrons. The molecule has 0 fully saturated rings. The summed E-state index contributed by atoms with van der Waals surface area (Å²) in [5, 5.41) is 0. The van der Waals surface area contributed by atoms with Gasteiger partial charge in [0.25, 0.3) is 0 Å². The molecule has 0 aromatic carbocycles. The van der Waals surface area contributed by atoms with Crippen molar-refractivity contribution < 1.29 is 0 Å². The largest absolute Gasteiger partial charge is 0.389 e. The van der Waals surface area contributed by atoms with Gasteiger partial charge in [-0.25, -0.2) is 4.98 Å². The summed E-state index contributed by atoms with van der Waals surface area (Å²) in [7, 11) is 0. The van der Waals surface area contributed by atoms with Gasteiger partial charge in [0.15, 0.2) is 0 Å². The summed E-state index contributed by atoms with van der Waals surface area (Å²) in [6, 6.07) is 3.92. The number of nitrogens with two attached hydrogens (primary N) is 1. The van der Waals surface area contributed by atoms with E-state index in [4.69, 9.17) is 18.0 Å². The zero-order valence-corrected chi connectivity index (χ0v) is 12.5. The van der Waals surface area contributed by atoms with Crippen LogP contribution in [0.2, 0.25) is 0 Å². The zero-order chi connectivity index (χ0) is 13.7. The molecule has 100 valence electrons. The minimum Gasteiger partial charge on any atom is -0.389 e. The Morgan fingerprint density at radius 2 is 2.11 bits per heavy atom. The van der Waals surface area contributed by atoms with Crippen molar-refractivity contribution in [3.8, 4) is 0 Å². The van der Waals surface area contributed by atoms with Crippen molar-refractivity contribution in [2.75, 3.05) is 18.0 Å². The van der Waals surface area contributed by atoms with E-state index < -0.39 is 0 Å². The molecule has 0 aliphatic rings. The quantitative estimate of drug-likeness (QED) is 0.803. The van der Waals surface area contributed by atoms with Gasteiger partial charge in [-0.15, -0.1) is 0 Å². The highest BCUT2D eigenvalue weighted by molar-refractivity contribution is 7.80. The second-order valence-corrected chi connectivity index (χ2v) is 5.21. The first-order valence-electron chi connectivity index (χ1n) is 6.51. The maximum Gasteiger partial charge on any atom is 0.129 e. The molecule has 2 N–H and O–H groups in total. The van der Waals surface area contributed by atoms with E-state index in [0.29, 0.717) is 10.9 Å². The number of nitrogens with zero attached hydrogens (tertiary/aromatic N) is 2. The van der Waals surface area contributed by atoms with Gasteiger partial charge in [-0.1, -0.05) is 32.5 Å². The Kier molecular flexibility index (Phi) is 5.54. The molecule has 0 amide bonds. The molecule has 0 saturated heterocycles. The second kappa shape index (κ2) is 6.69. The predicted molar refractivity (Wildman–Crippen MR) is 82.2 cm³/mol. The molecule has 1 atom stereocenters. The third kappa shape index (κ3) is 3.95. The van der Waals surface area contributed by atoms with E-state index in [0.717, 1.165) is 30.2 Å². The van der Waals surface area contributed by atoms with Crippen molar-refractivity contribution >= 4 is 23.0 Å². The molecule has 18 heavy (non-hydrogen) atoms. The summed E-state index contributed by atoms with van der Waals surface area (Å²) in [6.07, 6.45) is 1.17. The van der Waals surface area contributed by atoms with E-state index in [1.54, 1.807) is 0 Å². The minimum absolute atomic E-state index is 0.432. The lowest BCUT2D eigenvalue weighted by atomic mass is 10.1. The second-order valence-electron chi connectivity index (χ2n) is 4.77. The fraction of sp³-hybridized carbons (Fsp3) is 0.571. The Hall–Kier alpha value is -1.16. The first kappa shape index (κ1) is 14.9. The molecule has 0 bridgehead atoms. The molecule has 0 aliphatic carbocycles. The number of aromatic nitrogens is 1. The van der Waals surface area contributed by atoms with E-state index in [2.05, 4.69) is 30.7 Å². The molecule has 0 spiro atoms. The van der Waals surface area contributed by atoms with E-state index in [9.17, 15) is 0 Å². The molecule has 1 aromatic heterocycles. The lowest BCUT2D eigenvalue weighted by Crippen LogP contribution is -2.29. The molecule has 1 aromatic rings. The summed E-state index contributed by atoms with van der Waals surface area (Å²) >= 11 is 5.05. The van der Waals surface area contributed by atoms with Crippen molar-refractivity contribution in [2.24, 2.45) is 11.7 Å². The Morgan fingerprint density at radius 1 is 1.44 bits per heavy atom. The van der Waals surface area contributed by atoms with Gasteiger partial charge in [0.05, 0.1) is 0 Å². The molecule has 1 rings (SSSR count). The average Bonchev–Trinajstić information content (AvgIpc) is 2.34. The van der Waals surface area contributed by atoms with E-state index >= 15 is 0 Å². The van der Waals surface area contributed by atoms with Crippen LogP contribution in [0.15, 0.2) is 12.1 Å². The summed E-state index contributed by atoms with van der Waals surface area (Å²) in [5.74, 6) is 1.63. The van der Waals surface area contributed by atoms with Crippen LogP contribution in [-0.4, -0.2) is 23.1 Å². The lowest BCUT2D eigenvalue weighted by molar-refractivity contribution is 0.545. The summed E-state index contributed by atoms with van der Waals surface area (Å²) in [6.45, 7) is 10.5. The number of rotatable bonds is 6. The van der Waals surface area contributed by atoms with Crippen LogP contribution in [0, 0.1) is 12.8 Å². The number of pyridine rings is 1. The van der Waals surface area contributed by atoms with Gasteiger partial charge in [0.1, 0.15) is 10.8 Å². The van der Waals surface area contributed by atoms with Crippen LogP contribution < -0.4 is 10.6 Å². The monoisotopic (exact) mass is 265 g/mol. The van der Waals surface area contributed by atoms with Crippen molar-refractivity contribution in [1.29, 1.82) is 0 Å². The predicted octanol–water partition coefficient (Wildman–Crippen LogP) is 2.90. The molecule has 3 nitrogen and oxygen atoms in total. The maximum atomic E-state index is 5.71. The lowest BCUT2D eigenvalue weighted by Gasteiger charge is -2.25. The molecular weight excluding hydrogens is 242 g/mol. The summed E-state index contributed by atoms with van der Waals surface area (Å²) < 4.78 is 0. The van der Waals surface area contributed by atoms with Gasteiger partial charge in [-0.3, -0.25) is 0 Å². The van der Waals surface area contributed by atoms with E-state index in [1.807, 2.05) is 19.1 Å². The van der Waals surface area contributed by atoms with Crippen molar-refractivity contribution in [1.82, 2.24) is 4.98 Å².